The lowest BCUT2D eigenvalue weighted by Crippen LogP contribution is -2.34. The average molecular weight is 358 g/mol. The van der Waals surface area contributed by atoms with E-state index in [9.17, 15) is 4.79 Å². The van der Waals surface area contributed by atoms with E-state index in [2.05, 4.69) is 26.8 Å². The molecule has 1 unspecified atom stereocenters. The third-order valence-electron chi connectivity index (χ3n) is 5.33. The molecule has 1 fully saturated rings. The number of aromatic nitrogens is 5. The maximum Gasteiger partial charge on any atom is 0.257 e. The van der Waals surface area contributed by atoms with Crippen molar-refractivity contribution in [2.45, 2.75) is 58.7 Å². The average Bonchev–Trinajstić information content (AvgIpc) is 3.34. The fourth-order valence-corrected chi connectivity index (χ4v) is 3.83. The molecule has 1 amide bonds. The number of amides is 1. The van der Waals surface area contributed by atoms with Crippen LogP contribution in [-0.2, 0) is 24.2 Å². The predicted octanol–water partition coefficient (Wildman–Crippen LogP) is 1.74. The first-order valence-electron chi connectivity index (χ1n) is 9.54. The van der Waals surface area contributed by atoms with Crippen molar-refractivity contribution < 1.29 is 9.53 Å². The number of aryl methyl sites for hydroxylation is 1. The summed E-state index contributed by atoms with van der Waals surface area (Å²) in [5.41, 5.74) is 1.65. The van der Waals surface area contributed by atoms with E-state index in [1.54, 1.807) is 6.20 Å². The highest BCUT2D eigenvalue weighted by atomic mass is 16.5. The Labute approximate surface area is 153 Å². The van der Waals surface area contributed by atoms with Crippen molar-refractivity contribution in [3.63, 3.8) is 0 Å². The van der Waals surface area contributed by atoms with Crippen LogP contribution in [-0.4, -0.2) is 55.0 Å². The van der Waals surface area contributed by atoms with E-state index in [1.807, 2.05) is 16.5 Å². The minimum absolute atomic E-state index is 0.0491. The highest BCUT2D eigenvalue weighted by Gasteiger charge is 2.29. The van der Waals surface area contributed by atoms with Gasteiger partial charge in [0.05, 0.1) is 11.8 Å². The Bertz CT molecular complexity index is 790. The molecule has 0 radical (unpaired) electrons. The van der Waals surface area contributed by atoms with E-state index >= 15 is 0 Å². The fraction of sp³-hybridized carbons (Fsp3) is 0.667. The Balaban J connectivity index is 1.49. The quantitative estimate of drug-likeness (QED) is 0.832. The normalized spacial score (nSPS) is 20.2. The molecular weight excluding hydrogens is 332 g/mol. The van der Waals surface area contributed by atoms with Crippen molar-refractivity contribution in [2.75, 3.05) is 19.7 Å². The second-order valence-electron chi connectivity index (χ2n) is 7.04. The van der Waals surface area contributed by atoms with Crippen LogP contribution in [0.3, 0.4) is 0 Å². The SMILES string of the molecule is CCCn1ncc(C(=O)N2CCc3nnc(C4CCCO4)n3CC2)c1C. The van der Waals surface area contributed by atoms with Crippen LogP contribution in [0.2, 0.25) is 0 Å². The smallest absolute Gasteiger partial charge is 0.257 e. The van der Waals surface area contributed by atoms with Crippen molar-refractivity contribution in [1.82, 2.24) is 29.4 Å². The standard InChI is InChI=1S/C18H26N6O2/c1-3-7-24-13(2)14(12-19-24)18(25)22-8-6-16-20-21-17(23(16)10-9-22)15-5-4-11-26-15/h12,15H,3-11H2,1-2H3. The number of carbonyl (C=O) groups is 1. The zero-order valence-electron chi connectivity index (χ0n) is 15.5. The van der Waals surface area contributed by atoms with Crippen LogP contribution in [0.5, 0.6) is 0 Å². The van der Waals surface area contributed by atoms with Gasteiger partial charge in [-0.2, -0.15) is 5.10 Å². The van der Waals surface area contributed by atoms with Crippen molar-refractivity contribution in [2.24, 2.45) is 0 Å². The van der Waals surface area contributed by atoms with Crippen LogP contribution >= 0.6 is 0 Å². The number of hydrogen-bond acceptors (Lipinski definition) is 5. The van der Waals surface area contributed by atoms with Gasteiger partial charge in [0.2, 0.25) is 0 Å². The molecule has 26 heavy (non-hydrogen) atoms. The molecule has 140 valence electrons. The third kappa shape index (κ3) is 3.02. The number of ether oxygens (including phenoxy) is 1. The van der Waals surface area contributed by atoms with Gasteiger partial charge in [0.1, 0.15) is 11.9 Å². The molecule has 1 saturated heterocycles. The summed E-state index contributed by atoms with van der Waals surface area (Å²) in [7, 11) is 0. The summed E-state index contributed by atoms with van der Waals surface area (Å²) in [6, 6.07) is 0. The summed E-state index contributed by atoms with van der Waals surface area (Å²) >= 11 is 0. The summed E-state index contributed by atoms with van der Waals surface area (Å²) in [5, 5.41) is 13.1. The Morgan fingerprint density at radius 3 is 2.96 bits per heavy atom. The summed E-state index contributed by atoms with van der Waals surface area (Å²) in [4.78, 5) is 14.9. The molecule has 2 aliphatic rings. The van der Waals surface area contributed by atoms with Crippen LogP contribution in [0.4, 0.5) is 0 Å². The highest BCUT2D eigenvalue weighted by molar-refractivity contribution is 5.95. The topological polar surface area (TPSA) is 78.1 Å². The van der Waals surface area contributed by atoms with E-state index in [-0.39, 0.29) is 12.0 Å². The van der Waals surface area contributed by atoms with Gasteiger partial charge in [0, 0.05) is 44.9 Å². The number of nitrogens with zero attached hydrogens (tertiary/aromatic N) is 6. The van der Waals surface area contributed by atoms with Crippen LogP contribution < -0.4 is 0 Å². The number of carbonyl (C=O) groups excluding carboxylic acids is 1. The summed E-state index contributed by atoms with van der Waals surface area (Å²) in [6.45, 7) is 7.73. The van der Waals surface area contributed by atoms with E-state index in [4.69, 9.17) is 4.74 Å². The second kappa shape index (κ2) is 7.19. The molecule has 2 aromatic rings. The number of fused-ring (bicyclic) bond motifs is 1. The van der Waals surface area contributed by atoms with Gasteiger partial charge in [-0.25, -0.2) is 0 Å². The molecule has 8 nitrogen and oxygen atoms in total. The van der Waals surface area contributed by atoms with Crippen LogP contribution in [0.1, 0.15) is 60.0 Å². The monoisotopic (exact) mass is 358 g/mol. The molecule has 0 aliphatic carbocycles. The van der Waals surface area contributed by atoms with Crippen molar-refractivity contribution in [3.05, 3.63) is 29.1 Å². The van der Waals surface area contributed by atoms with Gasteiger partial charge in [-0.3, -0.25) is 9.48 Å². The second-order valence-corrected chi connectivity index (χ2v) is 7.04. The van der Waals surface area contributed by atoms with E-state index < -0.39 is 0 Å². The Morgan fingerprint density at radius 2 is 2.19 bits per heavy atom. The van der Waals surface area contributed by atoms with Gasteiger partial charge in [0.15, 0.2) is 5.82 Å². The van der Waals surface area contributed by atoms with Crippen LogP contribution in [0.15, 0.2) is 6.20 Å². The van der Waals surface area contributed by atoms with Crippen LogP contribution in [0.25, 0.3) is 0 Å². The third-order valence-corrected chi connectivity index (χ3v) is 5.33. The van der Waals surface area contributed by atoms with Gasteiger partial charge >= 0.3 is 0 Å². The largest absolute Gasteiger partial charge is 0.370 e. The zero-order chi connectivity index (χ0) is 18.1. The van der Waals surface area contributed by atoms with Gasteiger partial charge in [-0.1, -0.05) is 6.92 Å². The molecule has 4 rings (SSSR count). The Morgan fingerprint density at radius 1 is 1.31 bits per heavy atom. The maximum absolute atomic E-state index is 13.0. The van der Waals surface area contributed by atoms with E-state index in [1.165, 1.54) is 0 Å². The van der Waals surface area contributed by atoms with E-state index in [0.717, 1.165) is 49.8 Å². The number of rotatable bonds is 4. The molecule has 0 saturated carbocycles. The number of hydrogen-bond donors (Lipinski definition) is 0. The molecule has 0 spiro atoms. The van der Waals surface area contributed by atoms with Gasteiger partial charge in [-0.05, 0) is 26.2 Å². The molecule has 4 heterocycles. The lowest BCUT2D eigenvalue weighted by Gasteiger charge is -2.20. The predicted molar refractivity (Wildman–Crippen MR) is 94.8 cm³/mol. The molecule has 8 heteroatoms. The highest BCUT2D eigenvalue weighted by Crippen LogP contribution is 2.28. The minimum Gasteiger partial charge on any atom is -0.370 e. The summed E-state index contributed by atoms with van der Waals surface area (Å²) in [6.07, 6.45) is 5.53. The van der Waals surface area contributed by atoms with Crippen LogP contribution in [0, 0.1) is 6.92 Å². The summed E-state index contributed by atoms with van der Waals surface area (Å²) in [5.74, 6) is 1.92. The molecular formula is C18H26N6O2. The first-order valence-corrected chi connectivity index (χ1v) is 9.54. The Hall–Kier alpha value is -2.22. The Kier molecular flexibility index (Phi) is 4.76. The molecule has 0 N–H and O–H groups in total. The molecule has 2 aromatic heterocycles. The van der Waals surface area contributed by atoms with Crippen molar-refractivity contribution in [3.8, 4) is 0 Å². The maximum atomic E-state index is 13.0. The van der Waals surface area contributed by atoms with E-state index in [0.29, 0.717) is 31.6 Å². The lowest BCUT2D eigenvalue weighted by molar-refractivity contribution is 0.0755. The van der Waals surface area contributed by atoms with Gasteiger partial charge in [-0.15, -0.1) is 10.2 Å². The molecule has 2 aliphatic heterocycles. The lowest BCUT2D eigenvalue weighted by atomic mass is 10.2. The van der Waals surface area contributed by atoms with Gasteiger partial charge < -0.3 is 14.2 Å². The molecule has 0 aromatic carbocycles. The first kappa shape index (κ1) is 17.2. The molecule has 0 bridgehead atoms. The summed E-state index contributed by atoms with van der Waals surface area (Å²) < 4.78 is 9.84. The van der Waals surface area contributed by atoms with Crippen molar-refractivity contribution >= 4 is 5.91 Å². The van der Waals surface area contributed by atoms with Gasteiger partial charge in [0.25, 0.3) is 5.91 Å². The van der Waals surface area contributed by atoms with Crippen molar-refractivity contribution in [1.29, 1.82) is 0 Å². The minimum atomic E-state index is 0.0491. The fourth-order valence-electron chi connectivity index (χ4n) is 3.83. The molecule has 1 atom stereocenters. The zero-order valence-corrected chi connectivity index (χ0v) is 15.5. The first-order chi connectivity index (χ1) is 12.7.